The summed E-state index contributed by atoms with van der Waals surface area (Å²) in [6, 6.07) is 12.6. The molecule has 21 heavy (non-hydrogen) atoms. The average Bonchev–Trinajstić information content (AvgIpc) is 3.18. The van der Waals surface area contributed by atoms with Crippen LogP contribution in [0.4, 0.5) is 0 Å². The lowest BCUT2D eigenvalue weighted by molar-refractivity contribution is 0.338. The standard InChI is InChI=1S/C18H23NOS/c1-13(15-9-4-5-10-16(15)20)19-18(14-7-2-3-8-14)17-11-6-12-21-17/h4-6,9-14,18-20H,2-3,7-8H2,1H3. The maximum Gasteiger partial charge on any atom is 0.120 e. The Bertz CT molecular complexity index is 560. The van der Waals surface area contributed by atoms with Gasteiger partial charge in [0.2, 0.25) is 0 Å². The number of hydrogen-bond donors (Lipinski definition) is 2. The second-order valence-corrected chi connectivity index (χ2v) is 6.96. The highest BCUT2D eigenvalue weighted by atomic mass is 32.1. The minimum absolute atomic E-state index is 0.152. The Morgan fingerprint density at radius 2 is 1.90 bits per heavy atom. The number of phenols is 1. The van der Waals surface area contributed by atoms with Crippen LogP contribution in [0.25, 0.3) is 0 Å². The molecule has 0 amide bonds. The van der Waals surface area contributed by atoms with Crippen molar-refractivity contribution in [3.8, 4) is 5.75 Å². The van der Waals surface area contributed by atoms with Gasteiger partial charge in [0, 0.05) is 22.5 Å². The second kappa shape index (κ2) is 6.63. The van der Waals surface area contributed by atoms with Crippen molar-refractivity contribution in [1.29, 1.82) is 0 Å². The number of rotatable bonds is 5. The van der Waals surface area contributed by atoms with Gasteiger partial charge in [-0.05, 0) is 43.2 Å². The molecule has 1 aliphatic carbocycles. The Labute approximate surface area is 130 Å². The van der Waals surface area contributed by atoms with Crippen LogP contribution in [-0.2, 0) is 0 Å². The number of nitrogens with one attached hydrogen (secondary N) is 1. The van der Waals surface area contributed by atoms with Gasteiger partial charge in [0.05, 0.1) is 0 Å². The number of phenolic OH excluding ortho intramolecular Hbond substituents is 1. The third kappa shape index (κ3) is 3.30. The van der Waals surface area contributed by atoms with Gasteiger partial charge in [-0.15, -0.1) is 11.3 Å². The summed E-state index contributed by atoms with van der Waals surface area (Å²) in [5, 5.41) is 16.0. The van der Waals surface area contributed by atoms with Crippen LogP contribution in [0.3, 0.4) is 0 Å². The van der Waals surface area contributed by atoms with Gasteiger partial charge in [-0.3, -0.25) is 0 Å². The summed E-state index contributed by atoms with van der Waals surface area (Å²) in [6.07, 6.45) is 5.31. The summed E-state index contributed by atoms with van der Waals surface area (Å²) < 4.78 is 0. The molecule has 3 rings (SSSR count). The molecule has 2 nitrogen and oxygen atoms in total. The van der Waals surface area contributed by atoms with E-state index < -0.39 is 0 Å². The molecule has 1 aliphatic rings. The Morgan fingerprint density at radius 3 is 2.57 bits per heavy atom. The monoisotopic (exact) mass is 301 g/mol. The fraction of sp³-hybridized carbons (Fsp3) is 0.444. The summed E-state index contributed by atoms with van der Waals surface area (Å²) >= 11 is 1.83. The second-order valence-electron chi connectivity index (χ2n) is 5.98. The zero-order chi connectivity index (χ0) is 14.7. The molecule has 1 saturated carbocycles. The summed E-state index contributed by atoms with van der Waals surface area (Å²) in [4.78, 5) is 1.42. The van der Waals surface area contributed by atoms with Gasteiger partial charge in [0.1, 0.15) is 5.75 Å². The summed E-state index contributed by atoms with van der Waals surface area (Å²) in [5.41, 5.74) is 0.983. The van der Waals surface area contributed by atoms with Crippen LogP contribution in [-0.4, -0.2) is 5.11 Å². The maximum atomic E-state index is 10.1. The van der Waals surface area contributed by atoms with E-state index in [2.05, 4.69) is 29.8 Å². The number of para-hydroxylation sites is 1. The Kier molecular flexibility index (Phi) is 4.61. The van der Waals surface area contributed by atoms with Gasteiger partial charge in [0.15, 0.2) is 0 Å². The molecule has 1 aromatic carbocycles. The molecular weight excluding hydrogens is 278 g/mol. The highest BCUT2D eigenvalue weighted by molar-refractivity contribution is 7.10. The van der Waals surface area contributed by atoms with Gasteiger partial charge >= 0.3 is 0 Å². The summed E-state index contributed by atoms with van der Waals surface area (Å²) in [6.45, 7) is 2.14. The van der Waals surface area contributed by atoms with Crippen LogP contribution in [0.15, 0.2) is 41.8 Å². The van der Waals surface area contributed by atoms with E-state index in [9.17, 15) is 5.11 Å². The van der Waals surface area contributed by atoms with Gasteiger partial charge in [-0.1, -0.05) is 37.1 Å². The number of benzene rings is 1. The van der Waals surface area contributed by atoms with Crippen molar-refractivity contribution < 1.29 is 5.11 Å². The largest absolute Gasteiger partial charge is 0.508 e. The lowest BCUT2D eigenvalue weighted by Gasteiger charge is -2.28. The van der Waals surface area contributed by atoms with Gasteiger partial charge in [-0.2, -0.15) is 0 Å². The topological polar surface area (TPSA) is 32.3 Å². The summed E-state index contributed by atoms with van der Waals surface area (Å²) in [5.74, 6) is 1.10. The molecule has 112 valence electrons. The molecule has 0 bridgehead atoms. The highest BCUT2D eigenvalue weighted by Gasteiger charge is 2.28. The molecule has 2 N–H and O–H groups in total. The summed E-state index contributed by atoms with van der Waals surface area (Å²) in [7, 11) is 0. The van der Waals surface area contributed by atoms with E-state index in [1.54, 1.807) is 6.07 Å². The van der Waals surface area contributed by atoms with E-state index in [1.165, 1.54) is 30.6 Å². The molecular formula is C18H23NOS. The molecule has 0 aliphatic heterocycles. The highest BCUT2D eigenvalue weighted by Crippen LogP contribution is 2.39. The van der Waals surface area contributed by atoms with Crippen molar-refractivity contribution in [2.45, 2.75) is 44.7 Å². The number of thiophene rings is 1. The van der Waals surface area contributed by atoms with Crippen molar-refractivity contribution in [1.82, 2.24) is 5.32 Å². The number of hydrogen-bond acceptors (Lipinski definition) is 3. The van der Waals surface area contributed by atoms with E-state index in [1.807, 2.05) is 29.5 Å². The molecule has 1 aromatic heterocycles. The van der Waals surface area contributed by atoms with Crippen molar-refractivity contribution in [3.63, 3.8) is 0 Å². The Morgan fingerprint density at radius 1 is 1.14 bits per heavy atom. The molecule has 0 saturated heterocycles. The average molecular weight is 301 g/mol. The van der Waals surface area contributed by atoms with Gasteiger partial charge in [0.25, 0.3) is 0 Å². The molecule has 2 aromatic rings. The van der Waals surface area contributed by atoms with E-state index in [0.717, 1.165) is 11.5 Å². The zero-order valence-corrected chi connectivity index (χ0v) is 13.3. The minimum atomic E-state index is 0.152. The molecule has 2 unspecified atom stereocenters. The first-order chi connectivity index (χ1) is 10.3. The fourth-order valence-corrected chi connectivity index (χ4v) is 4.30. The molecule has 0 radical (unpaired) electrons. The zero-order valence-electron chi connectivity index (χ0n) is 12.5. The molecule has 0 spiro atoms. The Hall–Kier alpha value is -1.32. The molecule has 2 atom stereocenters. The molecule has 1 heterocycles. The first kappa shape index (κ1) is 14.6. The van der Waals surface area contributed by atoms with Crippen LogP contribution in [0, 0.1) is 5.92 Å². The van der Waals surface area contributed by atoms with E-state index in [0.29, 0.717) is 11.8 Å². The smallest absolute Gasteiger partial charge is 0.120 e. The van der Waals surface area contributed by atoms with E-state index >= 15 is 0 Å². The normalized spacial score (nSPS) is 18.7. The van der Waals surface area contributed by atoms with E-state index in [-0.39, 0.29) is 6.04 Å². The van der Waals surface area contributed by atoms with Crippen LogP contribution in [0.5, 0.6) is 5.75 Å². The van der Waals surface area contributed by atoms with Crippen LogP contribution < -0.4 is 5.32 Å². The maximum absolute atomic E-state index is 10.1. The van der Waals surface area contributed by atoms with Gasteiger partial charge in [-0.25, -0.2) is 0 Å². The Balaban J connectivity index is 1.79. The third-order valence-corrected chi connectivity index (χ3v) is 5.51. The third-order valence-electron chi connectivity index (χ3n) is 4.55. The van der Waals surface area contributed by atoms with Crippen molar-refractivity contribution >= 4 is 11.3 Å². The molecule has 3 heteroatoms. The van der Waals surface area contributed by atoms with Crippen molar-refractivity contribution in [2.24, 2.45) is 5.92 Å². The van der Waals surface area contributed by atoms with Crippen LogP contribution in [0.2, 0.25) is 0 Å². The minimum Gasteiger partial charge on any atom is -0.508 e. The lowest BCUT2D eigenvalue weighted by Crippen LogP contribution is -2.29. The van der Waals surface area contributed by atoms with Crippen molar-refractivity contribution in [2.75, 3.05) is 0 Å². The van der Waals surface area contributed by atoms with Crippen LogP contribution in [0.1, 0.15) is 55.1 Å². The van der Waals surface area contributed by atoms with Crippen LogP contribution >= 0.6 is 11.3 Å². The molecule has 1 fully saturated rings. The van der Waals surface area contributed by atoms with Crippen molar-refractivity contribution in [3.05, 3.63) is 52.2 Å². The van der Waals surface area contributed by atoms with Gasteiger partial charge < -0.3 is 10.4 Å². The quantitative estimate of drug-likeness (QED) is 0.811. The fourth-order valence-electron chi connectivity index (χ4n) is 3.42. The number of aromatic hydroxyl groups is 1. The predicted octanol–water partition coefficient (Wildman–Crippen LogP) is 5.04. The lowest BCUT2D eigenvalue weighted by atomic mass is 9.95. The SMILES string of the molecule is CC(NC(c1cccs1)C1CCCC1)c1ccccc1O. The first-order valence-corrected chi connectivity index (χ1v) is 8.71. The predicted molar refractivity (Wildman–Crippen MR) is 88.7 cm³/mol. The first-order valence-electron chi connectivity index (χ1n) is 7.83. The van der Waals surface area contributed by atoms with E-state index in [4.69, 9.17) is 0 Å².